The molecule has 0 saturated carbocycles. The Morgan fingerprint density at radius 1 is 1.36 bits per heavy atom. The van der Waals surface area contributed by atoms with Crippen molar-refractivity contribution in [1.82, 2.24) is 0 Å². The van der Waals surface area contributed by atoms with Crippen molar-refractivity contribution in [3.63, 3.8) is 0 Å². The van der Waals surface area contributed by atoms with E-state index in [2.05, 4.69) is 13.2 Å². The van der Waals surface area contributed by atoms with Gasteiger partial charge in [0.1, 0.15) is 0 Å². The van der Waals surface area contributed by atoms with Crippen LogP contribution >= 0.6 is 0 Å². The highest BCUT2D eigenvalue weighted by Gasteiger charge is 2.01. The molecule has 0 aliphatic heterocycles. The third-order valence-electron chi connectivity index (χ3n) is 1.11. The van der Waals surface area contributed by atoms with Crippen LogP contribution in [0.15, 0.2) is 24.3 Å². The van der Waals surface area contributed by atoms with Crippen molar-refractivity contribution in [2.24, 2.45) is 0 Å². The lowest BCUT2D eigenvalue weighted by atomic mass is 10.3. The van der Waals surface area contributed by atoms with Gasteiger partial charge in [-0.15, -0.1) is 6.58 Å². The standard InChI is InChI=1S/C9H14O2/c1-7(2)5-6-11-9(10)8(3)4/h1,3,5-6H2,2,4H3. The van der Waals surface area contributed by atoms with Gasteiger partial charge in [-0.05, 0) is 13.8 Å². The van der Waals surface area contributed by atoms with E-state index in [-0.39, 0.29) is 5.97 Å². The average Bonchev–Trinajstić information content (AvgIpc) is 1.86. The van der Waals surface area contributed by atoms with Crippen LogP contribution in [-0.4, -0.2) is 12.6 Å². The van der Waals surface area contributed by atoms with E-state index in [9.17, 15) is 4.79 Å². The van der Waals surface area contributed by atoms with Gasteiger partial charge in [0.05, 0.1) is 6.61 Å². The zero-order valence-electron chi connectivity index (χ0n) is 7.14. The van der Waals surface area contributed by atoms with Gasteiger partial charge in [0.25, 0.3) is 0 Å². The fraction of sp³-hybridized carbons (Fsp3) is 0.444. The minimum absolute atomic E-state index is 0.328. The van der Waals surface area contributed by atoms with Gasteiger partial charge in [-0.1, -0.05) is 12.2 Å². The van der Waals surface area contributed by atoms with Crippen LogP contribution in [0, 0.1) is 0 Å². The monoisotopic (exact) mass is 154 g/mol. The summed E-state index contributed by atoms with van der Waals surface area (Å²) >= 11 is 0. The van der Waals surface area contributed by atoms with E-state index in [1.165, 1.54) is 0 Å². The topological polar surface area (TPSA) is 26.3 Å². The summed E-state index contributed by atoms with van der Waals surface area (Å²) in [5.41, 5.74) is 1.45. The summed E-state index contributed by atoms with van der Waals surface area (Å²) in [5.74, 6) is -0.328. The fourth-order valence-corrected chi connectivity index (χ4v) is 0.441. The Kier molecular flexibility index (Phi) is 4.27. The highest BCUT2D eigenvalue weighted by molar-refractivity contribution is 5.86. The average molecular weight is 154 g/mol. The molecular weight excluding hydrogens is 140 g/mol. The van der Waals surface area contributed by atoms with E-state index in [0.717, 1.165) is 12.0 Å². The van der Waals surface area contributed by atoms with Crippen molar-refractivity contribution < 1.29 is 9.53 Å². The minimum Gasteiger partial charge on any atom is -0.462 e. The van der Waals surface area contributed by atoms with Gasteiger partial charge in [-0.2, -0.15) is 0 Å². The van der Waals surface area contributed by atoms with E-state index < -0.39 is 0 Å². The van der Waals surface area contributed by atoms with Crippen molar-refractivity contribution in [2.75, 3.05) is 6.61 Å². The van der Waals surface area contributed by atoms with Crippen LogP contribution in [-0.2, 0) is 9.53 Å². The molecule has 0 saturated heterocycles. The number of hydrogen-bond acceptors (Lipinski definition) is 2. The number of ether oxygens (including phenoxy) is 1. The molecule has 0 atom stereocenters. The highest BCUT2D eigenvalue weighted by atomic mass is 16.5. The first-order valence-corrected chi connectivity index (χ1v) is 3.51. The molecule has 0 fully saturated rings. The smallest absolute Gasteiger partial charge is 0.333 e. The maximum Gasteiger partial charge on any atom is 0.333 e. The molecule has 11 heavy (non-hydrogen) atoms. The highest BCUT2D eigenvalue weighted by Crippen LogP contribution is 1.98. The SMILES string of the molecule is C=C(C)CCOC(=O)C(=C)C. The second-order valence-corrected chi connectivity index (χ2v) is 2.62. The molecule has 0 aromatic heterocycles. The van der Waals surface area contributed by atoms with E-state index in [1.807, 2.05) is 6.92 Å². The van der Waals surface area contributed by atoms with Crippen LogP contribution in [0.3, 0.4) is 0 Å². The molecule has 0 aromatic carbocycles. The summed E-state index contributed by atoms with van der Waals surface area (Å²) in [5, 5.41) is 0. The predicted molar refractivity (Wildman–Crippen MR) is 45.2 cm³/mol. The van der Waals surface area contributed by atoms with Gasteiger partial charge in [0, 0.05) is 12.0 Å². The molecule has 0 unspecified atom stereocenters. The fourth-order valence-electron chi connectivity index (χ4n) is 0.441. The first-order valence-electron chi connectivity index (χ1n) is 3.51. The number of esters is 1. The van der Waals surface area contributed by atoms with E-state index in [4.69, 9.17) is 4.74 Å². The molecule has 0 N–H and O–H groups in total. The Morgan fingerprint density at radius 3 is 2.27 bits per heavy atom. The molecular formula is C9H14O2. The lowest BCUT2D eigenvalue weighted by Crippen LogP contribution is -2.06. The molecule has 0 spiro atoms. The molecule has 0 aliphatic carbocycles. The minimum atomic E-state index is -0.328. The number of hydrogen-bond donors (Lipinski definition) is 0. The quantitative estimate of drug-likeness (QED) is 0.352. The molecule has 0 bridgehead atoms. The van der Waals surface area contributed by atoms with Gasteiger partial charge in [0.15, 0.2) is 0 Å². The van der Waals surface area contributed by atoms with Crippen molar-refractivity contribution in [3.8, 4) is 0 Å². The van der Waals surface area contributed by atoms with Crippen molar-refractivity contribution in [3.05, 3.63) is 24.3 Å². The summed E-state index contributed by atoms with van der Waals surface area (Å²) in [6.45, 7) is 11.1. The molecule has 0 aliphatic rings. The van der Waals surface area contributed by atoms with Crippen molar-refractivity contribution in [2.45, 2.75) is 20.3 Å². The molecule has 2 heteroatoms. The molecule has 0 rings (SSSR count). The van der Waals surface area contributed by atoms with Gasteiger partial charge >= 0.3 is 5.97 Å². The normalized spacial score (nSPS) is 8.91. The van der Waals surface area contributed by atoms with E-state index in [0.29, 0.717) is 12.2 Å². The third kappa shape index (κ3) is 5.40. The third-order valence-corrected chi connectivity index (χ3v) is 1.11. The summed E-state index contributed by atoms with van der Waals surface area (Å²) < 4.78 is 4.81. The van der Waals surface area contributed by atoms with Crippen LogP contribution in [0.4, 0.5) is 0 Å². The van der Waals surface area contributed by atoms with E-state index in [1.54, 1.807) is 6.92 Å². The first kappa shape index (κ1) is 9.95. The van der Waals surface area contributed by atoms with Gasteiger partial charge in [0.2, 0.25) is 0 Å². The molecule has 2 nitrogen and oxygen atoms in total. The van der Waals surface area contributed by atoms with Crippen LogP contribution < -0.4 is 0 Å². The zero-order chi connectivity index (χ0) is 8.85. The van der Waals surface area contributed by atoms with E-state index >= 15 is 0 Å². The number of carbonyl (C=O) groups excluding carboxylic acids is 1. The summed E-state index contributed by atoms with van der Waals surface area (Å²) in [6, 6.07) is 0. The molecule has 62 valence electrons. The van der Waals surface area contributed by atoms with Crippen molar-refractivity contribution >= 4 is 5.97 Å². The molecule has 0 heterocycles. The summed E-state index contributed by atoms with van der Waals surface area (Å²) in [4.78, 5) is 10.8. The Hall–Kier alpha value is -1.05. The lowest BCUT2D eigenvalue weighted by Gasteiger charge is -2.02. The number of rotatable bonds is 4. The molecule has 0 radical (unpaired) electrons. The van der Waals surface area contributed by atoms with Gasteiger partial charge in [-0.25, -0.2) is 4.79 Å². The lowest BCUT2D eigenvalue weighted by molar-refractivity contribution is -0.138. The van der Waals surface area contributed by atoms with Gasteiger partial charge in [-0.3, -0.25) is 0 Å². The second-order valence-electron chi connectivity index (χ2n) is 2.62. The molecule has 0 amide bonds. The van der Waals surface area contributed by atoms with Crippen LogP contribution in [0.25, 0.3) is 0 Å². The summed E-state index contributed by atoms with van der Waals surface area (Å²) in [7, 11) is 0. The maximum absolute atomic E-state index is 10.8. The largest absolute Gasteiger partial charge is 0.462 e. The maximum atomic E-state index is 10.8. The number of carbonyl (C=O) groups is 1. The Bertz CT molecular complexity index is 180. The molecule has 0 aromatic rings. The Balaban J connectivity index is 3.47. The van der Waals surface area contributed by atoms with Crippen LogP contribution in [0.5, 0.6) is 0 Å². The van der Waals surface area contributed by atoms with Gasteiger partial charge < -0.3 is 4.74 Å². The zero-order valence-corrected chi connectivity index (χ0v) is 7.14. The summed E-state index contributed by atoms with van der Waals surface area (Å²) in [6.07, 6.45) is 0.721. The predicted octanol–water partition coefficient (Wildman–Crippen LogP) is 2.07. The Morgan fingerprint density at radius 2 is 1.91 bits per heavy atom. The van der Waals surface area contributed by atoms with Crippen molar-refractivity contribution in [1.29, 1.82) is 0 Å². The first-order chi connectivity index (χ1) is 5.04. The Labute approximate surface area is 67.6 Å². The van der Waals surface area contributed by atoms with Crippen LogP contribution in [0.2, 0.25) is 0 Å². The second kappa shape index (κ2) is 4.72. The van der Waals surface area contributed by atoms with Crippen LogP contribution in [0.1, 0.15) is 20.3 Å².